The Balaban J connectivity index is 2.06. The quantitative estimate of drug-likeness (QED) is 0.106. The summed E-state index contributed by atoms with van der Waals surface area (Å²) in [6, 6.07) is 0. The number of hydrogen-bond acceptors (Lipinski definition) is 17. The summed E-state index contributed by atoms with van der Waals surface area (Å²) < 4.78 is 20.6. The molecule has 2 fully saturated rings. The molecule has 208 valence electrons. The first-order valence-electron chi connectivity index (χ1n) is 10.6. The van der Waals surface area contributed by atoms with Gasteiger partial charge in [-0.15, -0.1) is 0 Å². The lowest BCUT2D eigenvalue weighted by molar-refractivity contribution is -0.386. The molecule has 0 saturated carbocycles. The Labute approximate surface area is 198 Å². The average Bonchev–Trinajstić information content (AvgIpc) is 3.10. The van der Waals surface area contributed by atoms with E-state index < -0.39 is 112 Å². The molecule has 0 bridgehead atoms. The molecular weight excluding hydrogens is 488 g/mol. The lowest BCUT2D eigenvalue weighted by Gasteiger charge is -2.43. The van der Waals surface area contributed by atoms with Gasteiger partial charge >= 0.3 is 0 Å². The molecule has 0 aromatic carbocycles. The highest BCUT2D eigenvalue weighted by Gasteiger charge is 2.58. The first-order valence-corrected chi connectivity index (χ1v) is 10.6. The van der Waals surface area contributed by atoms with Crippen LogP contribution in [0.5, 0.6) is 0 Å². The molecule has 2 aliphatic rings. The van der Waals surface area contributed by atoms with Gasteiger partial charge in [0.25, 0.3) is 0 Å². The van der Waals surface area contributed by atoms with Gasteiger partial charge in [-0.25, -0.2) is 0 Å². The number of hydrogen-bond donors (Lipinski definition) is 13. The molecule has 0 aromatic rings. The smallest absolute Gasteiger partial charge is 0.224 e. The van der Waals surface area contributed by atoms with E-state index in [-0.39, 0.29) is 0 Å². The fourth-order valence-electron chi connectivity index (χ4n) is 3.62. The van der Waals surface area contributed by atoms with Gasteiger partial charge in [-0.2, -0.15) is 0 Å². The van der Waals surface area contributed by atoms with Gasteiger partial charge in [0.2, 0.25) is 5.79 Å². The van der Waals surface area contributed by atoms with Crippen LogP contribution in [0.4, 0.5) is 0 Å². The Morgan fingerprint density at radius 1 is 0.743 bits per heavy atom. The van der Waals surface area contributed by atoms with E-state index in [1.807, 2.05) is 0 Å². The largest absolute Gasteiger partial charge is 0.394 e. The number of ether oxygens (including phenoxy) is 4. The molecular formula is C18H34O17. The Morgan fingerprint density at radius 2 is 1.37 bits per heavy atom. The zero-order chi connectivity index (χ0) is 26.7. The van der Waals surface area contributed by atoms with Gasteiger partial charge in [0.15, 0.2) is 12.6 Å². The van der Waals surface area contributed by atoms with Crippen molar-refractivity contribution in [3.05, 3.63) is 0 Å². The number of aliphatic hydroxyl groups is 13. The molecule has 0 spiro atoms. The molecule has 2 saturated heterocycles. The molecule has 14 atom stereocenters. The van der Waals surface area contributed by atoms with E-state index >= 15 is 0 Å². The summed E-state index contributed by atoms with van der Waals surface area (Å²) in [7, 11) is 0. The summed E-state index contributed by atoms with van der Waals surface area (Å²) in [4.78, 5) is 0. The van der Waals surface area contributed by atoms with Crippen LogP contribution in [0.25, 0.3) is 0 Å². The van der Waals surface area contributed by atoms with Crippen molar-refractivity contribution in [2.75, 3.05) is 26.4 Å². The van der Waals surface area contributed by atoms with Crippen molar-refractivity contribution in [1.82, 2.24) is 0 Å². The fourth-order valence-corrected chi connectivity index (χ4v) is 3.62. The fraction of sp³-hybridized carbons (Fsp3) is 1.00. The molecule has 2 aliphatic heterocycles. The minimum Gasteiger partial charge on any atom is -0.394 e. The predicted molar refractivity (Wildman–Crippen MR) is 105 cm³/mol. The molecule has 0 aliphatic carbocycles. The van der Waals surface area contributed by atoms with Gasteiger partial charge in [-0.1, -0.05) is 0 Å². The van der Waals surface area contributed by atoms with Gasteiger partial charge < -0.3 is 85.3 Å². The first kappa shape index (κ1) is 30.5. The minimum atomic E-state index is -2.41. The molecule has 1 unspecified atom stereocenters. The van der Waals surface area contributed by atoms with Crippen molar-refractivity contribution in [1.29, 1.82) is 0 Å². The summed E-state index contributed by atoms with van der Waals surface area (Å²) in [5.74, 6) is -2.41. The summed E-state index contributed by atoms with van der Waals surface area (Å²) in [5, 5.41) is 127. The monoisotopic (exact) mass is 522 g/mol. The Kier molecular flexibility index (Phi) is 11.1. The van der Waals surface area contributed by atoms with E-state index in [1.54, 1.807) is 0 Å². The van der Waals surface area contributed by atoms with E-state index in [0.29, 0.717) is 0 Å². The van der Waals surface area contributed by atoms with Crippen LogP contribution in [0, 0.1) is 0 Å². The molecule has 0 radical (unpaired) electrons. The highest BCUT2D eigenvalue weighted by atomic mass is 16.8. The zero-order valence-electron chi connectivity index (χ0n) is 18.3. The second kappa shape index (κ2) is 12.7. The molecule has 13 N–H and O–H groups in total. The van der Waals surface area contributed by atoms with Crippen LogP contribution < -0.4 is 0 Å². The van der Waals surface area contributed by atoms with Crippen molar-refractivity contribution < 1.29 is 85.3 Å². The van der Waals surface area contributed by atoms with E-state index in [0.717, 1.165) is 0 Å². The van der Waals surface area contributed by atoms with E-state index in [4.69, 9.17) is 24.1 Å². The first-order chi connectivity index (χ1) is 16.3. The molecule has 0 aromatic heterocycles. The van der Waals surface area contributed by atoms with Crippen LogP contribution in [0.1, 0.15) is 0 Å². The van der Waals surface area contributed by atoms with Gasteiger partial charge in [0, 0.05) is 0 Å². The van der Waals surface area contributed by atoms with Crippen molar-refractivity contribution in [2.45, 2.75) is 85.5 Å². The average molecular weight is 522 g/mol. The van der Waals surface area contributed by atoms with Gasteiger partial charge in [-0.3, -0.25) is 0 Å². The lowest BCUT2D eigenvalue weighted by atomic mass is 9.98. The molecule has 2 rings (SSSR count). The Morgan fingerprint density at radius 3 is 1.89 bits per heavy atom. The predicted octanol–water partition coefficient (Wildman–Crippen LogP) is -8.62. The molecule has 2 heterocycles. The maximum absolute atomic E-state index is 10.2. The molecule has 17 heteroatoms. The normalized spacial score (nSPS) is 42.4. The number of aliphatic hydroxyl groups excluding tert-OH is 13. The highest BCUT2D eigenvalue weighted by molar-refractivity contribution is 4.98. The third-order valence-electron chi connectivity index (χ3n) is 5.89. The van der Waals surface area contributed by atoms with E-state index in [2.05, 4.69) is 0 Å². The summed E-state index contributed by atoms with van der Waals surface area (Å²) in [6.45, 7) is -3.66. The van der Waals surface area contributed by atoms with Gasteiger partial charge in [0.1, 0.15) is 73.8 Å². The Hall–Kier alpha value is -0.680. The third kappa shape index (κ3) is 6.43. The number of rotatable bonds is 12. The lowest BCUT2D eigenvalue weighted by Crippen LogP contribution is -2.63. The van der Waals surface area contributed by atoms with Crippen molar-refractivity contribution in [3.8, 4) is 0 Å². The van der Waals surface area contributed by atoms with Gasteiger partial charge in [0.05, 0.1) is 19.8 Å². The molecule has 17 nitrogen and oxygen atoms in total. The standard InChI is InChI=1S/C18H34O17/c19-1-5(22)8(23)11(26)13(28)16(31)32-3-7-9(24)12(27)14(29)17(33-7)35-18(4-21)15(30)10(25)6(2-20)34-18/h5-17,19-31H,1-4H2/t5-,6-,7-,8-,9-,10-,11+,12+,13-,14-,15+,16?,17-,18+/m1/s1. The Bertz CT molecular complexity index is 642. The second-order valence-corrected chi connectivity index (χ2v) is 8.32. The van der Waals surface area contributed by atoms with Crippen molar-refractivity contribution in [2.24, 2.45) is 0 Å². The maximum Gasteiger partial charge on any atom is 0.224 e. The second-order valence-electron chi connectivity index (χ2n) is 8.32. The summed E-state index contributed by atoms with van der Waals surface area (Å²) >= 11 is 0. The van der Waals surface area contributed by atoms with Crippen LogP contribution in [0.3, 0.4) is 0 Å². The van der Waals surface area contributed by atoms with Crippen LogP contribution in [-0.4, -0.2) is 178 Å². The third-order valence-corrected chi connectivity index (χ3v) is 5.89. The molecule has 0 amide bonds. The van der Waals surface area contributed by atoms with Crippen LogP contribution in [-0.2, 0) is 18.9 Å². The minimum absolute atomic E-state index is 0.773. The van der Waals surface area contributed by atoms with Gasteiger partial charge in [-0.05, 0) is 0 Å². The van der Waals surface area contributed by atoms with Crippen molar-refractivity contribution in [3.63, 3.8) is 0 Å². The van der Waals surface area contributed by atoms with Crippen LogP contribution in [0.2, 0.25) is 0 Å². The van der Waals surface area contributed by atoms with E-state index in [9.17, 15) is 61.3 Å². The summed E-state index contributed by atoms with van der Waals surface area (Å²) in [5.41, 5.74) is 0. The van der Waals surface area contributed by atoms with E-state index in [1.165, 1.54) is 0 Å². The molecule has 35 heavy (non-hydrogen) atoms. The van der Waals surface area contributed by atoms with Crippen LogP contribution in [0.15, 0.2) is 0 Å². The van der Waals surface area contributed by atoms with Crippen LogP contribution >= 0.6 is 0 Å². The van der Waals surface area contributed by atoms with Crippen molar-refractivity contribution >= 4 is 0 Å². The highest BCUT2D eigenvalue weighted by Crippen LogP contribution is 2.36. The topological polar surface area (TPSA) is 300 Å². The SMILES string of the molecule is OC[C@@H](O)[C@@H](O)[C@H](O)[C@@H](O)C(O)OC[C@H]1O[C@H](O[C@]2(CO)O[C@H](CO)[C@@H](O)[C@@H]2O)[C@H](O)[C@@H](O)[C@@H]1O. The maximum atomic E-state index is 10.2. The zero-order valence-corrected chi connectivity index (χ0v) is 18.3. The summed E-state index contributed by atoms with van der Waals surface area (Å²) in [6.07, 6.45) is -24.9.